The number of benzene rings is 3. The lowest BCUT2D eigenvalue weighted by molar-refractivity contribution is -0.122. The number of anilines is 1. The molecule has 0 radical (unpaired) electrons. The molecule has 0 spiro atoms. The van der Waals surface area contributed by atoms with Crippen LogP contribution in [0.2, 0.25) is 5.02 Å². The topological polar surface area (TPSA) is 79.5 Å². The number of carbonyl (C=O) groups is 2. The van der Waals surface area contributed by atoms with Gasteiger partial charge in [0.2, 0.25) is 11.8 Å². The Balaban J connectivity index is 1.38. The van der Waals surface area contributed by atoms with Gasteiger partial charge >= 0.3 is 4.87 Å². The summed E-state index contributed by atoms with van der Waals surface area (Å²) >= 11 is 8.37. The molecular formula is C27H19ClN2O4S2. The zero-order valence-electron chi connectivity index (χ0n) is 18.7. The van der Waals surface area contributed by atoms with Gasteiger partial charge in [0, 0.05) is 15.8 Å². The van der Waals surface area contributed by atoms with E-state index in [0.717, 1.165) is 27.3 Å². The minimum Gasteiger partial charge on any atom is -0.489 e. The van der Waals surface area contributed by atoms with Gasteiger partial charge in [-0.05, 0) is 47.5 Å². The van der Waals surface area contributed by atoms with Gasteiger partial charge in [-0.2, -0.15) is 0 Å². The second-order valence-electron chi connectivity index (χ2n) is 8.58. The first-order valence-electron chi connectivity index (χ1n) is 11.3. The number of thiazole rings is 1. The van der Waals surface area contributed by atoms with Gasteiger partial charge in [0.1, 0.15) is 17.6 Å². The zero-order valence-corrected chi connectivity index (χ0v) is 21.1. The van der Waals surface area contributed by atoms with Crippen LogP contribution in [0.15, 0.2) is 88.7 Å². The van der Waals surface area contributed by atoms with Gasteiger partial charge in [-0.15, -0.1) is 0 Å². The molecule has 6 nitrogen and oxygen atoms in total. The number of ether oxygens (including phenoxy) is 1. The van der Waals surface area contributed by atoms with E-state index >= 15 is 0 Å². The monoisotopic (exact) mass is 534 g/mol. The Morgan fingerprint density at radius 1 is 0.917 bits per heavy atom. The molecule has 0 saturated carbocycles. The molecular weight excluding hydrogens is 516 g/mol. The summed E-state index contributed by atoms with van der Waals surface area (Å²) in [5.41, 5.74) is 2.35. The smallest absolute Gasteiger partial charge is 0.305 e. The summed E-state index contributed by atoms with van der Waals surface area (Å²) in [6.07, 6.45) is 0. The highest BCUT2D eigenvalue weighted by atomic mass is 35.5. The van der Waals surface area contributed by atoms with Crippen molar-refractivity contribution in [1.82, 2.24) is 4.98 Å². The number of nitrogens with zero attached hydrogens (tertiary/aromatic N) is 1. The normalized spacial score (nSPS) is 20.8. The van der Waals surface area contributed by atoms with Crippen LogP contribution in [0.25, 0.3) is 0 Å². The van der Waals surface area contributed by atoms with E-state index in [0.29, 0.717) is 28.1 Å². The van der Waals surface area contributed by atoms with E-state index in [1.54, 1.807) is 24.3 Å². The highest BCUT2D eigenvalue weighted by molar-refractivity contribution is 8.00. The van der Waals surface area contributed by atoms with E-state index in [4.69, 9.17) is 16.3 Å². The summed E-state index contributed by atoms with van der Waals surface area (Å²) in [5.74, 6) is -1.03. The first-order chi connectivity index (χ1) is 17.5. The number of thioether (sulfide) groups is 1. The number of hydrogen-bond acceptors (Lipinski definition) is 6. The van der Waals surface area contributed by atoms with Crippen LogP contribution in [0.1, 0.15) is 21.9 Å². The molecule has 0 bridgehead atoms. The number of aromatic nitrogens is 1. The fourth-order valence-electron chi connectivity index (χ4n) is 4.76. The van der Waals surface area contributed by atoms with Gasteiger partial charge in [0.15, 0.2) is 0 Å². The number of hydrogen-bond donors (Lipinski definition) is 1. The van der Waals surface area contributed by atoms with E-state index in [1.807, 2.05) is 54.6 Å². The van der Waals surface area contributed by atoms with Crippen LogP contribution < -0.4 is 14.5 Å². The number of nitrogens with one attached hydrogen (secondary N) is 1. The highest BCUT2D eigenvalue weighted by Gasteiger charge is 2.56. The SMILES string of the molecule is O=C1C2Sc3[nH]c(=O)sc3C(c3cccc(OCc4ccccc4)c3)C2C(=O)N1c1ccc(Cl)cc1. The van der Waals surface area contributed by atoms with Crippen molar-refractivity contribution in [2.24, 2.45) is 5.92 Å². The van der Waals surface area contributed by atoms with Crippen molar-refractivity contribution in [2.45, 2.75) is 22.8 Å². The Labute approximate surface area is 219 Å². The minimum atomic E-state index is -0.651. The number of amides is 2. The highest BCUT2D eigenvalue weighted by Crippen LogP contribution is 2.53. The summed E-state index contributed by atoms with van der Waals surface area (Å²) in [5, 5.41) is 0.519. The Morgan fingerprint density at radius 2 is 1.69 bits per heavy atom. The van der Waals surface area contributed by atoms with Crippen molar-refractivity contribution in [1.29, 1.82) is 0 Å². The molecule has 1 N–H and O–H groups in total. The molecule has 2 amide bonds. The average Bonchev–Trinajstić information content (AvgIpc) is 3.38. The van der Waals surface area contributed by atoms with Crippen molar-refractivity contribution < 1.29 is 14.3 Å². The van der Waals surface area contributed by atoms with E-state index < -0.39 is 17.1 Å². The molecule has 180 valence electrons. The number of aromatic amines is 1. The summed E-state index contributed by atoms with van der Waals surface area (Å²) in [4.78, 5) is 44.2. The van der Waals surface area contributed by atoms with E-state index in [9.17, 15) is 14.4 Å². The molecule has 4 aromatic rings. The fraction of sp³-hybridized carbons (Fsp3) is 0.148. The van der Waals surface area contributed by atoms with Crippen LogP contribution in [0.5, 0.6) is 5.75 Å². The van der Waals surface area contributed by atoms with Crippen LogP contribution in [0.3, 0.4) is 0 Å². The van der Waals surface area contributed by atoms with Gasteiger partial charge in [0.25, 0.3) is 0 Å². The van der Waals surface area contributed by atoms with Crippen molar-refractivity contribution in [3.05, 3.63) is 110 Å². The quantitative estimate of drug-likeness (QED) is 0.344. The number of H-pyrrole nitrogens is 1. The van der Waals surface area contributed by atoms with Gasteiger partial charge < -0.3 is 9.72 Å². The summed E-state index contributed by atoms with van der Waals surface area (Å²) in [7, 11) is 0. The molecule has 3 heterocycles. The number of imide groups is 1. The third-order valence-corrected chi connectivity index (χ3v) is 9.03. The molecule has 36 heavy (non-hydrogen) atoms. The van der Waals surface area contributed by atoms with Crippen molar-refractivity contribution in [3.63, 3.8) is 0 Å². The molecule has 3 aromatic carbocycles. The van der Waals surface area contributed by atoms with Crippen LogP contribution in [-0.2, 0) is 16.2 Å². The standard InChI is InChI=1S/C27H19ClN2O4S2/c28-17-9-11-18(12-10-17)30-25(31)21-20(22-24(29-27(33)36-22)35-23(21)26(30)32)16-7-4-8-19(13-16)34-14-15-5-2-1-3-6-15/h1-13,20-21,23H,14H2,(H,29,33). The molecule has 3 unspecified atom stereocenters. The number of halogens is 1. The summed E-state index contributed by atoms with van der Waals surface area (Å²) < 4.78 is 6.03. The van der Waals surface area contributed by atoms with Crippen molar-refractivity contribution in [3.8, 4) is 5.75 Å². The Bertz CT molecular complexity index is 1520. The van der Waals surface area contributed by atoms with Gasteiger partial charge in [-0.25, -0.2) is 4.90 Å². The van der Waals surface area contributed by atoms with Gasteiger partial charge in [-0.1, -0.05) is 77.2 Å². The van der Waals surface area contributed by atoms with Crippen LogP contribution in [0.4, 0.5) is 5.69 Å². The molecule has 2 aliphatic heterocycles. The number of rotatable bonds is 5. The Kier molecular flexibility index (Phi) is 5.95. The lowest BCUT2D eigenvalue weighted by Gasteiger charge is -2.30. The minimum absolute atomic E-state index is 0.205. The number of carbonyl (C=O) groups excluding carboxylic acids is 2. The van der Waals surface area contributed by atoms with Crippen molar-refractivity contribution in [2.75, 3.05) is 4.90 Å². The molecule has 2 aliphatic rings. The second-order valence-corrected chi connectivity index (χ2v) is 11.2. The predicted molar refractivity (Wildman–Crippen MR) is 141 cm³/mol. The molecule has 9 heteroatoms. The summed E-state index contributed by atoms with van der Waals surface area (Å²) in [6.45, 7) is 0.404. The molecule has 1 fully saturated rings. The fourth-order valence-corrected chi connectivity index (χ4v) is 7.40. The van der Waals surface area contributed by atoms with Crippen LogP contribution >= 0.6 is 34.7 Å². The van der Waals surface area contributed by atoms with Gasteiger partial charge in [-0.3, -0.25) is 14.4 Å². The number of fused-ring (bicyclic) bond motifs is 2. The van der Waals surface area contributed by atoms with Crippen LogP contribution in [-0.4, -0.2) is 22.0 Å². The maximum atomic E-state index is 13.8. The molecule has 3 atom stereocenters. The Hall–Kier alpha value is -3.33. The zero-order chi connectivity index (χ0) is 24.8. The molecule has 1 saturated heterocycles. The van der Waals surface area contributed by atoms with Crippen molar-refractivity contribution >= 4 is 52.2 Å². The maximum Gasteiger partial charge on any atom is 0.305 e. The second kappa shape index (κ2) is 9.28. The average molecular weight is 535 g/mol. The largest absolute Gasteiger partial charge is 0.489 e. The van der Waals surface area contributed by atoms with Gasteiger partial charge in [0.05, 0.1) is 16.6 Å². The molecule has 1 aromatic heterocycles. The van der Waals surface area contributed by atoms with E-state index in [-0.39, 0.29) is 16.7 Å². The maximum absolute atomic E-state index is 13.8. The third-order valence-electron chi connectivity index (χ3n) is 6.37. The summed E-state index contributed by atoms with van der Waals surface area (Å²) in [6, 6.07) is 24.1. The molecule has 6 rings (SSSR count). The van der Waals surface area contributed by atoms with E-state index in [2.05, 4.69) is 4.98 Å². The first kappa shape index (κ1) is 23.1. The lowest BCUT2D eigenvalue weighted by atomic mass is 9.83. The lowest BCUT2D eigenvalue weighted by Crippen LogP contribution is -2.32. The predicted octanol–water partition coefficient (Wildman–Crippen LogP) is 5.46. The first-order valence-corrected chi connectivity index (χ1v) is 13.4. The molecule has 0 aliphatic carbocycles. The van der Waals surface area contributed by atoms with Crippen LogP contribution in [0, 0.1) is 5.92 Å². The Morgan fingerprint density at radius 3 is 2.47 bits per heavy atom. The van der Waals surface area contributed by atoms with E-state index in [1.165, 1.54) is 16.7 Å². The third kappa shape index (κ3) is 4.05.